The lowest BCUT2D eigenvalue weighted by molar-refractivity contribution is 0.0245. The number of ether oxygens (including phenoxy) is 1. The van der Waals surface area contributed by atoms with Crippen molar-refractivity contribution in [3.05, 3.63) is 59.7 Å². The molecule has 0 radical (unpaired) electrons. The first-order chi connectivity index (χ1) is 12.7. The third-order valence-corrected chi connectivity index (χ3v) is 6.21. The number of fused-ring (bicyclic) bond motifs is 3. The molecule has 2 fully saturated rings. The topological polar surface area (TPSA) is 49.8 Å². The maximum Gasteiger partial charge on any atom is 0.409 e. The van der Waals surface area contributed by atoms with Crippen LogP contribution in [0.4, 0.5) is 4.79 Å². The number of β-amino-alcohol motifs (C(OH)–C–C–N with tert-alkyl or cyclic N) is 1. The number of likely N-dealkylation sites (tertiary alicyclic amines) is 1. The Hall–Kier alpha value is -2.33. The molecule has 4 nitrogen and oxygen atoms in total. The number of benzene rings is 2. The molecule has 1 aliphatic heterocycles. The van der Waals surface area contributed by atoms with Crippen LogP contribution in [0, 0.1) is 5.92 Å². The molecule has 1 amide bonds. The van der Waals surface area contributed by atoms with Gasteiger partial charge in [-0.25, -0.2) is 4.79 Å². The Labute approximate surface area is 153 Å². The second-order valence-electron chi connectivity index (χ2n) is 7.85. The van der Waals surface area contributed by atoms with Gasteiger partial charge in [0.2, 0.25) is 0 Å². The smallest absolute Gasteiger partial charge is 0.409 e. The lowest BCUT2D eigenvalue weighted by Crippen LogP contribution is -2.38. The predicted molar refractivity (Wildman–Crippen MR) is 98.9 cm³/mol. The first-order valence-corrected chi connectivity index (χ1v) is 9.48. The number of hydrogen-bond donors (Lipinski definition) is 1. The van der Waals surface area contributed by atoms with Gasteiger partial charge in [0.25, 0.3) is 0 Å². The van der Waals surface area contributed by atoms with E-state index in [1.54, 1.807) is 4.90 Å². The minimum absolute atomic E-state index is 0.0799. The van der Waals surface area contributed by atoms with E-state index in [1.165, 1.54) is 22.3 Å². The molecule has 0 spiro atoms. The summed E-state index contributed by atoms with van der Waals surface area (Å²) >= 11 is 0. The second kappa shape index (κ2) is 5.85. The highest BCUT2D eigenvalue weighted by atomic mass is 16.6. The molecule has 1 heterocycles. The lowest BCUT2D eigenvalue weighted by atomic mass is 9.97. The van der Waals surface area contributed by atoms with Crippen LogP contribution in [0.5, 0.6) is 0 Å². The summed E-state index contributed by atoms with van der Waals surface area (Å²) in [4.78, 5) is 14.2. The minimum atomic E-state index is -0.689. The van der Waals surface area contributed by atoms with Crippen molar-refractivity contribution in [1.29, 1.82) is 0 Å². The molecule has 2 aromatic rings. The fraction of sp³-hybridized carbons (Fsp3) is 0.409. The zero-order valence-corrected chi connectivity index (χ0v) is 14.7. The third-order valence-electron chi connectivity index (χ3n) is 6.21. The van der Waals surface area contributed by atoms with Crippen molar-refractivity contribution in [2.24, 2.45) is 5.92 Å². The SMILES string of the molecule is O=C(OCC1c2ccccc2-c2ccccc21)N1CCC(O)(C2CC2)C1. The highest BCUT2D eigenvalue weighted by molar-refractivity contribution is 5.79. The minimum Gasteiger partial charge on any atom is -0.448 e. The van der Waals surface area contributed by atoms with E-state index in [4.69, 9.17) is 4.74 Å². The molecule has 134 valence electrons. The molecule has 1 saturated heterocycles. The first kappa shape index (κ1) is 15.9. The first-order valence-electron chi connectivity index (χ1n) is 9.48. The maximum atomic E-state index is 12.5. The second-order valence-corrected chi connectivity index (χ2v) is 7.85. The molecular weight excluding hydrogens is 326 g/mol. The van der Waals surface area contributed by atoms with Gasteiger partial charge in [-0.3, -0.25) is 0 Å². The summed E-state index contributed by atoms with van der Waals surface area (Å²) in [5, 5.41) is 10.6. The van der Waals surface area contributed by atoms with Crippen molar-refractivity contribution in [2.45, 2.75) is 30.8 Å². The zero-order chi connectivity index (χ0) is 17.7. The Morgan fingerprint density at radius 3 is 2.31 bits per heavy atom. The molecule has 3 aliphatic rings. The van der Waals surface area contributed by atoms with Crippen LogP contribution in [0.2, 0.25) is 0 Å². The Bertz CT molecular complexity index is 814. The van der Waals surface area contributed by atoms with Crippen molar-refractivity contribution in [2.75, 3.05) is 19.7 Å². The van der Waals surface area contributed by atoms with Crippen molar-refractivity contribution in [3.63, 3.8) is 0 Å². The van der Waals surface area contributed by atoms with Crippen molar-refractivity contribution < 1.29 is 14.6 Å². The third kappa shape index (κ3) is 2.52. The van der Waals surface area contributed by atoms with Crippen molar-refractivity contribution in [1.82, 2.24) is 4.90 Å². The Kier molecular flexibility index (Phi) is 3.57. The summed E-state index contributed by atoms with van der Waals surface area (Å²) in [5.74, 6) is 0.449. The Balaban J connectivity index is 1.30. The standard InChI is InChI=1S/C22H23NO3/c24-21(23-12-11-22(25,14-23)15-9-10-15)26-13-20-18-7-3-1-5-16(18)17-6-2-4-8-19(17)20/h1-8,15,20,25H,9-14H2. The van der Waals surface area contributed by atoms with Gasteiger partial charge in [0.15, 0.2) is 0 Å². The fourth-order valence-corrected chi connectivity index (χ4v) is 4.61. The van der Waals surface area contributed by atoms with Crippen LogP contribution in [-0.2, 0) is 4.74 Å². The molecule has 26 heavy (non-hydrogen) atoms. The molecule has 0 bridgehead atoms. The van der Waals surface area contributed by atoms with E-state index in [-0.39, 0.29) is 12.0 Å². The molecule has 0 aromatic heterocycles. The summed E-state index contributed by atoms with van der Waals surface area (Å²) in [6.07, 6.45) is 2.52. The maximum absolute atomic E-state index is 12.5. The molecule has 5 rings (SSSR count). The molecule has 2 aromatic carbocycles. The van der Waals surface area contributed by atoms with Crippen LogP contribution in [0.25, 0.3) is 11.1 Å². The normalized spacial score (nSPS) is 24.4. The number of rotatable bonds is 3. The Morgan fingerprint density at radius 1 is 1.08 bits per heavy atom. The van der Waals surface area contributed by atoms with Crippen LogP contribution in [0.3, 0.4) is 0 Å². The van der Waals surface area contributed by atoms with Gasteiger partial charge >= 0.3 is 6.09 Å². The molecule has 1 saturated carbocycles. The Morgan fingerprint density at radius 2 is 1.69 bits per heavy atom. The van der Waals surface area contributed by atoms with Crippen LogP contribution < -0.4 is 0 Å². The predicted octanol–water partition coefficient (Wildman–Crippen LogP) is 3.78. The van der Waals surface area contributed by atoms with Gasteiger partial charge in [0.1, 0.15) is 6.61 Å². The lowest BCUT2D eigenvalue weighted by Gasteiger charge is -2.23. The van der Waals surface area contributed by atoms with E-state index in [0.29, 0.717) is 32.0 Å². The zero-order valence-electron chi connectivity index (χ0n) is 14.7. The molecule has 2 aliphatic carbocycles. The average Bonchev–Trinajstić information content (AvgIpc) is 3.39. The van der Waals surface area contributed by atoms with E-state index in [2.05, 4.69) is 24.3 Å². The highest BCUT2D eigenvalue weighted by Gasteiger charge is 2.49. The van der Waals surface area contributed by atoms with Gasteiger partial charge in [-0.1, -0.05) is 48.5 Å². The number of aliphatic hydroxyl groups is 1. The number of hydrogen-bond acceptors (Lipinski definition) is 3. The monoisotopic (exact) mass is 349 g/mol. The molecular formula is C22H23NO3. The molecule has 4 heteroatoms. The van der Waals surface area contributed by atoms with E-state index in [1.807, 2.05) is 24.3 Å². The molecule has 1 atom stereocenters. The largest absolute Gasteiger partial charge is 0.448 e. The van der Waals surface area contributed by atoms with Gasteiger partial charge in [0, 0.05) is 12.5 Å². The van der Waals surface area contributed by atoms with Gasteiger partial charge in [-0.05, 0) is 47.4 Å². The van der Waals surface area contributed by atoms with E-state index in [0.717, 1.165) is 12.8 Å². The van der Waals surface area contributed by atoms with Gasteiger partial charge in [-0.15, -0.1) is 0 Å². The number of carbonyl (C=O) groups excluding carboxylic acids is 1. The van der Waals surface area contributed by atoms with Crippen LogP contribution >= 0.6 is 0 Å². The van der Waals surface area contributed by atoms with Crippen molar-refractivity contribution >= 4 is 6.09 Å². The van der Waals surface area contributed by atoms with Gasteiger partial charge < -0.3 is 14.7 Å². The van der Waals surface area contributed by atoms with E-state index >= 15 is 0 Å². The summed E-state index contributed by atoms with van der Waals surface area (Å²) in [6, 6.07) is 16.7. The van der Waals surface area contributed by atoms with Gasteiger partial charge in [-0.2, -0.15) is 0 Å². The number of amides is 1. The van der Waals surface area contributed by atoms with Crippen LogP contribution in [-0.4, -0.2) is 41.4 Å². The molecule has 1 unspecified atom stereocenters. The summed E-state index contributed by atoms with van der Waals surface area (Å²) < 4.78 is 5.69. The summed E-state index contributed by atoms with van der Waals surface area (Å²) in [6.45, 7) is 1.34. The summed E-state index contributed by atoms with van der Waals surface area (Å²) in [7, 11) is 0. The quantitative estimate of drug-likeness (QED) is 0.917. The van der Waals surface area contributed by atoms with Crippen LogP contribution in [0.15, 0.2) is 48.5 Å². The van der Waals surface area contributed by atoms with Gasteiger partial charge in [0.05, 0.1) is 12.1 Å². The van der Waals surface area contributed by atoms with E-state index in [9.17, 15) is 9.90 Å². The number of nitrogens with zero attached hydrogens (tertiary/aromatic N) is 1. The summed E-state index contributed by atoms with van der Waals surface area (Å²) in [5.41, 5.74) is 4.21. The van der Waals surface area contributed by atoms with E-state index < -0.39 is 5.60 Å². The van der Waals surface area contributed by atoms with Crippen LogP contribution in [0.1, 0.15) is 36.3 Å². The molecule has 1 N–H and O–H groups in total. The highest BCUT2D eigenvalue weighted by Crippen LogP contribution is 2.46. The fourth-order valence-electron chi connectivity index (χ4n) is 4.61. The van der Waals surface area contributed by atoms with Crippen molar-refractivity contribution in [3.8, 4) is 11.1 Å². The average molecular weight is 349 g/mol. The number of carbonyl (C=O) groups is 1.